The molecule has 5 N–H and O–H groups in total. The number of benzene rings is 1. The molecule has 3 atom stereocenters. The number of aromatic nitrogens is 1. The van der Waals surface area contributed by atoms with Crippen molar-refractivity contribution < 1.29 is 33.8 Å². The maximum atomic E-state index is 13.7. The number of ether oxygens (including phenoxy) is 2. The maximum Gasteiger partial charge on any atom is 0.246 e. The number of amides is 4. The van der Waals surface area contributed by atoms with Gasteiger partial charge < -0.3 is 35.8 Å². The second kappa shape index (κ2) is 15.9. The molecule has 0 aliphatic carbocycles. The summed E-state index contributed by atoms with van der Waals surface area (Å²) in [5.41, 5.74) is 9.12. The third-order valence-electron chi connectivity index (χ3n) is 7.05. The Kier molecular flexibility index (Phi) is 12.6. The standard InChI is InChI=1S/C30H43N5O7S/c1-19-26(43-18-33-19)21-7-5-20(6-8-21)16-32-28(39)23-15-22(36)17-35(23)29(40)27(30(2,3)4)34-25(38)10-12-42-14-13-41-11-9-24(31)37/h5-8,18,22-23,27,36H,9-17H2,1-4H3,(H2,31,37)(H,32,39)(H,34,38)/t22-,23+,27-/m1/s1. The molecule has 236 valence electrons. The van der Waals surface area contributed by atoms with Gasteiger partial charge in [0.1, 0.15) is 12.1 Å². The van der Waals surface area contributed by atoms with Gasteiger partial charge in [0.15, 0.2) is 0 Å². The summed E-state index contributed by atoms with van der Waals surface area (Å²) in [5.74, 6) is -1.61. The third-order valence-corrected chi connectivity index (χ3v) is 8.03. The van der Waals surface area contributed by atoms with Crippen LogP contribution < -0.4 is 16.4 Å². The molecule has 0 saturated carbocycles. The number of aryl methyl sites for hydroxylation is 1. The van der Waals surface area contributed by atoms with E-state index < -0.39 is 35.4 Å². The first-order valence-corrected chi connectivity index (χ1v) is 15.2. The molecule has 2 aromatic rings. The first-order chi connectivity index (χ1) is 20.4. The van der Waals surface area contributed by atoms with E-state index >= 15 is 0 Å². The van der Waals surface area contributed by atoms with Crippen molar-refractivity contribution in [3.8, 4) is 10.4 Å². The number of hydrogen-bond acceptors (Lipinski definition) is 9. The van der Waals surface area contributed by atoms with Crippen LogP contribution in [0.25, 0.3) is 10.4 Å². The van der Waals surface area contributed by atoms with E-state index in [0.717, 1.165) is 21.7 Å². The molecule has 2 heterocycles. The molecule has 1 aromatic carbocycles. The lowest BCUT2D eigenvalue weighted by Gasteiger charge is -2.35. The summed E-state index contributed by atoms with van der Waals surface area (Å²) in [7, 11) is 0. The summed E-state index contributed by atoms with van der Waals surface area (Å²) < 4.78 is 10.6. The molecular formula is C30H43N5O7S. The minimum absolute atomic E-state index is 0.00112. The molecule has 0 unspecified atom stereocenters. The number of carbonyl (C=O) groups excluding carboxylic acids is 4. The Bertz CT molecular complexity index is 1240. The highest BCUT2D eigenvalue weighted by molar-refractivity contribution is 7.13. The summed E-state index contributed by atoms with van der Waals surface area (Å²) in [6.45, 7) is 8.55. The molecule has 3 rings (SSSR count). The zero-order valence-electron chi connectivity index (χ0n) is 25.3. The maximum absolute atomic E-state index is 13.7. The summed E-state index contributed by atoms with van der Waals surface area (Å²) in [6, 6.07) is 6.07. The number of nitrogens with two attached hydrogens (primary N) is 1. The van der Waals surface area contributed by atoms with E-state index in [2.05, 4.69) is 15.6 Å². The Morgan fingerprint density at radius 3 is 2.33 bits per heavy atom. The van der Waals surface area contributed by atoms with Gasteiger partial charge in [-0.2, -0.15) is 0 Å². The van der Waals surface area contributed by atoms with E-state index in [1.165, 1.54) is 4.90 Å². The Morgan fingerprint density at radius 1 is 1.09 bits per heavy atom. The molecule has 0 radical (unpaired) electrons. The SMILES string of the molecule is Cc1ncsc1-c1ccc(CNC(=O)[C@@H]2C[C@@H](O)CN2C(=O)[C@@H](NC(=O)CCOCCOCCC(N)=O)C(C)(C)C)cc1. The van der Waals surface area contributed by atoms with Crippen LogP contribution in [0.5, 0.6) is 0 Å². The molecule has 1 aliphatic heterocycles. The molecule has 4 amide bonds. The van der Waals surface area contributed by atoms with Gasteiger partial charge in [0.05, 0.1) is 48.6 Å². The number of aliphatic hydroxyl groups excluding tert-OH is 1. The normalized spacial score (nSPS) is 17.5. The highest BCUT2D eigenvalue weighted by atomic mass is 32.1. The number of likely N-dealkylation sites (tertiary alicyclic amines) is 1. The molecule has 0 bridgehead atoms. The Balaban J connectivity index is 1.53. The van der Waals surface area contributed by atoms with Crippen molar-refractivity contribution in [2.75, 3.05) is 33.0 Å². The predicted molar refractivity (Wildman–Crippen MR) is 162 cm³/mol. The van der Waals surface area contributed by atoms with Crippen molar-refractivity contribution in [1.29, 1.82) is 0 Å². The number of carbonyl (C=O) groups is 4. The first-order valence-electron chi connectivity index (χ1n) is 14.4. The lowest BCUT2D eigenvalue weighted by Crippen LogP contribution is -2.57. The van der Waals surface area contributed by atoms with Gasteiger partial charge in [-0.1, -0.05) is 45.0 Å². The second-order valence-electron chi connectivity index (χ2n) is 11.6. The number of nitrogens with one attached hydrogen (secondary N) is 2. The van der Waals surface area contributed by atoms with E-state index in [4.69, 9.17) is 15.2 Å². The largest absolute Gasteiger partial charge is 0.391 e. The fraction of sp³-hybridized carbons (Fsp3) is 0.567. The van der Waals surface area contributed by atoms with Gasteiger partial charge in [-0.05, 0) is 23.5 Å². The molecule has 1 saturated heterocycles. The number of thiazole rings is 1. The molecular weight excluding hydrogens is 574 g/mol. The number of primary amides is 1. The van der Waals surface area contributed by atoms with Gasteiger partial charge in [-0.25, -0.2) is 4.98 Å². The fourth-order valence-corrected chi connectivity index (χ4v) is 5.48. The average molecular weight is 618 g/mol. The van der Waals surface area contributed by atoms with Crippen molar-refractivity contribution in [1.82, 2.24) is 20.5 Å². The zero-order valence-corrected chi connectivity index (χ0v) is 26.1. The number of hydrogen-bond donors (Lipinski definition) is 4. The number of rotatable bonds is 15. The molecule has 43 heavy (non-hydrogen) atoms. The monoisotopic (exact) mass is 617 g/mol. The van der Waals surface area contributed by atoms with Crippen molar-refractivity contribution in [2.24, 2.45) is 11.1 Å². The molecule has 1 aliphatic rings. The van der Waals surface area contributed by atoms with Gasteiger partial charge in [-0.3, -0.25) is 19.2 Å². The zero-order chi connectivity index (χ0) is 31.6. The van der Waals surface area contributed by atoms with Crippen LogP contribution in [0.4, 0.5) is 0 Å². The van der Waals surface area contributed by atoms with Gasteiger partial charge in [0.2, 0.25) is 23.6 Å². The summed E-state index contributed by atoms with van der Waals surface area (Å²) in [4.78, 5) is 57.1. The number of aliphatic hydroxyl groups is 1. The molecule has 1 fully saturated rings. The fourth-order valence-electron chi connectivity index (χ4n) is 4.67. The van der Waals surface area contributed by atoms with E-state index in [-0.39, 0.29) is 70.6 Å². The van der Waals surface area contributed by atoms with Gasteiger partial charge in [0.25, 0.3) is 0 Å². The van der Waals surface area contributed by atoms with E-state index in [0.29, 0.717) is 0 Å². The average Bonchev–Trinajstić information content (AvgIpc) is 3.56. The van der Waals surface area contributed by atoms with Crippen LogP contribution in [0.15, 0.2) is 29.8 Å². The van der Waals surface area contributed by atoms with Crippen LogP contribution in [0.1, 0.15) is 51.3 Å². The van der Waals surface area contributed by atoms with Gasteiger partial charge in [-0.15, -0.1) is 11.3 Å². The van der Waals surface area contributed by atoms with Crippen molar-refractivity contribution in [2.45, 2.75) is 71.7 Å². The van der Waals surface area contributed by atoms with Crippen LogP contribution >= 0.6 is 11.3 Å². The van der Waals surface area contributed by atoms with Crippen LogP contribution in [0, 0.1) is 12.3 Å². The lowest BCUT2D eigenvalue weighted by molar-refractivity contribution is -0.144. The van der Waals surface area contributed by atoms with Crippen LogP contribution in [-0.2, 0) is 35.2 Å². The lowest BCUT2D eigenvalue weighted by atomic mass is 9.85. The van der Waals surface area contributed by atoms with Crippen molar-refractivity contribution in [3.63, 3.8) is 0 Å². The minimum atomic E-state index is -0.916. The van der Waals surface area contributed by atoms with Crippen molar-refractivity contribution >= 4 is 35.0 Å². The molecule has 0 spiro atoms. The Labute approximate surface area is 256 Å². The summed E-state index contributed by atoms with van der Waals surface area (Å²) in [6.07, 6.45) is -0.587. The van der Waals surface area contributed by atoms with E-state index in [9.17, 15) is 24.3 Å². The number of β-amino-alcohol motifs (C(OH)–C–C–N with tert-alkyl or cyclic N) is 1. The van der Waals surface area contributed by atoms with Crippen molar-refractivity contribution in [3.05, 3.63) is 41.0 Å². The van der Waals surface area contributed by atoms with E-state index in [1.807, 2.05) is 57.5 Å². The molecule has 1 aromatic heterocycles. The smallest absolute Gasteiger partial charge is 0.246 e. The third kappa shape index (κ3) is 10.4. The first kappa shape index (κ1) is 34.1. The topological polar surface area (TPSA) is 173 Å². The van der Waals surface area contributed by atoms with Crippen LogP contribution in [0.2, 0.25) is 0 Å². The Hall–Kier alpha value is -3.39. The van der Waals surface area contributed by atoms with E-state index in [1.54, 1.807) is 11.3 Å². The second-order valence-corrected chi connectivity index (χ2v) is 12.5. The van der Waals surface area contributed by atoms with Gasteiger partial charge in [0, 0.05) is 32.4 Å². The minimum Gasteiger partial charge on any atom is -0.391 e. The molecule has 12 nitrogen and oxygen atoms in total. The summed E-state index contributed by atoms with van der Waals surface area (Å²) >= 11 is 1.57. The quantitative estimate of drug-likeness (QED) is 0.218. The highest BCUT2D eigenvalue weighted by Crippen LogP contribution is 2.28. The summed E-state index contributed by atoms with van der Waals surface area (Å²) in [5, 5.41) is 16.1. The number of nitrogens with zero attached hydrogens (tertiary/aromatic N) is 2. The predicted octanol–water partition coefficient (Wildman–Crippen LogP) is 1.53. The Morgan fingerprint density at radius 2 is 1.74 bits per heavy atom. The van der Waals surface area contributed by atoms with Crippen LogP contribution in [-0.4, -0.2) is 89.8 Å². The van der Waals surface area contributed by atoms with Gasteiger partial charge >= 0.3 is 0 Å². The van der Waals surface area contributed by atoms with Crippen LogP contribution in [0.3, 0.4) is 0 Å². The highest BCUT2D eigenvalue weighted by Gasteiger charge is 2.44. The molecule has 13 heteroatoms.